The van der Waals surface area contributed by atoms with Crippen LogP contribution in [-0.2, 0) is 22.5 Å². The smallest absolute Gasteiger partial charge is 0.410 e. The van der Waals surface area contributed by atoms with Gasteiger partial charge in [-0.1, -0.05) is 20.3 Å². The Bertz CT molecular complexity index is 649. The third-order valence-electron chi connectivity index (χ3n) is 5.69. The summed E-state index contributed by atoms with van der Waals surface area (Å²) in [5.41, 5.74) is -0.417. The van der Waals surface area contributed by atoms with Gasteiger partial charge in [-0.3, -0.25) is 4.79 Å². The molecule has 2 fully saturated rings. The summed E-state index contributed by atoms with van der Waals surface area (Å²) in [5.74, 6) is 1.03. The van der Waals surface area contributed by atoms with E-state index in [2.05, 4.69) is 18.8 Å². The molecule has 1 aromatic heterocycles. The van der Waals surface area contributed by atoms with Gasteiger partial charge in [0.15, 0.2) is 0 Å². The zero-order valence-corrected chi connectivity index (χ0v) is 16.1. The normalized spacial score (nSPS) is 20.5. The van der Waals surface area contributed by atoms with E-state index >= 15 is 0 Å². The summed E-state index contributed by atoms with van der Waals surface area (Å²) < 4.78 is 7.69. The van der Waals surface area contributed by atoms with Crippen LogP contribution in [0.1, 0.15) is 52.3 Å². The van der Waals surface area contributed by atoms with E-state index in [9.17, 15) is 9.59 Å². The van der Waals surface area contributed by atoms with Crippen LogP contribution in [0.2, 0.25) is 0 Å². The summed E-state index contributed by atoms with van der Waals surface area (Å²) in [6.07, 6.45) is 7.67. The first kappa shape index (κ1) is 18.7. The predicted octanol–water partition coefficient (Wildman–Crippen LogP) is 2.45. The molecule has 1 aromatic rings. The lowest BCUT2D eigenvalue weighted by Crippen LogP contribution is -2.49. The third kappa shape index (κ3) is 3.71. The van der Waals surface area contributed by atoms with Gasteiger partial charge in [0.05, 0.1) is 6.54 Å². The molecule has 0 N–H and O–H groups in total. The number of carbonyl (C=O) groups excluding carboxylic acids is 2. The molecule has 0 unspecified atom stereocenters. The second-order valence-electron chi connectivity index (χ2n) is 7.52. The molecule has 2 aliphatic rings. The Morgan fingerprint density at radius 1 is 1.35 bits per heavy atom. The van der Waals surface area contributed by atoms with Crippen LogP contribution >= 0.6 is 0 Å². The fraction of sp³-hybridized carbons (Fsp3) is 0.737. The molecule has 0 radical (unpaired) electrons. The van der Waals surface area contributed by atoms with Gasteiger partial charge in [-0.25, -0.2) is 9.78 Å². The Morgan fingerprint density at radius 2 is 2.08 bits per heavy atom. The van der Waals surface area contributed by atoms with E-state index in [1.165, 1.54) is 0 Å². The van der Waals surface area contributed by atoms with Crippen LogP contribution in [-0.4, -0.2) is 62.6 Å². The van der Waals surface area contributed by atoms with Crippen molar-refractivity contribution in [1.29, 1.82) is 0 Å². The number of aromatic nitrogens is 2. The van der Waals surface area contributed by atoms with Gasteiger partial charge in [0.25, 0.3) is 0 Å². The van der Waals surface area contributed by atoms with Crippen LogP contribution in [0, 0.1) is 0 Å². The minimum atomic E-state index is -0.417. The highest BCUT2D eigenvalue weighted by molar-refractivity contribution is 5.76. The van der Waals surface area contributed by atoms with Crippen molar-refractivity contribution in [2.45, 2.75) is 71.1 Å². The molecule has 2 aliphatic heterocycles. The lowest BCUT2D eigenvalue weighted by Gasteiger charge is -2.37. The highest BCUT2D eigenvalue weighted by atomic mass is 16.6. The van der Waals surface area contributed by atoms with Crippen LogP contribution in [0.4, 0.5) is 4.79 Å². The van der Waals surface area contributed by atoms with Gasteiger partial charge >= 0.3 is 6.09 Å². The van der Waals surface area contributed by atoms with E-state index < -0.39 is 5.60 Å². The molecule has 7 heteroatoms. The molecule has 2 amide bonds. The van der Waals surface area contributed by atoms with Gasteiger partial charge in [-0.15, -0.1) is 0 Å². The maximum Gasteiger partial charge on any atom is 0.410 e. The summed E-state index contributed by atoms with van der Waals surface area (Å²) in [7, 11) is 0. The SMILES string of the molecule is CCC[C@H](C)N1CC2(CCN(C(=O)Cn3ccnc3CC)CC2)OC1=O. The number of amides is 2. The van der Waals surface area contributed by atoms with Gasteiger partial charge in [-0.2, -0.15) is 0 Å². The zero-order valence-electron chi connectivity index (χ0n) is 16.1. The Labute approximate surface area is 155 Å². The van der Waals surface area contributed by atoms with Crippen LogP contribution < -0.4 is 0 Å². The molecule has 3 heterocycles. The molecule has 7 nitrogen and oxygen atoms in total. The molecular weight excluding hydrogens is 332 g/mol. The van der Waals surface area contributed by atoms with Crippen LogP contribution in [0.25, 0.3) is 0 Å². The van der Waals surface area contributed by atoms with E-state index in [1.54, 1.807) is 6.20 Å². The number of carbonyl (C=O) groups is 2. The number of rotatable bonds is 6. The van der Waals surface area contributed by atoms with Crippen LogP contribution in [0.15, 0.2) is 12.4 Å². The van der Waals surface area contributed by atoms with Crippen molar-refractivity contribution in [3.05, 3.63) is 18.2 Å². The largest absolute Gasteiger partial charge is 0.441 e. The average molecular weight is 362 g/mol. The maximum absolute atomic E-state index is 12.6. The lowest BCUT2D eigenvalue weighted by molar-refractivity contribution is -0.135. The highest BCUT2D eigenvalue weighted by Crippen LogP contribution is 2.34. The number of ether oxygens (including phenoxy) is 1. The monoisotopic (exact) mass is 362 g/mol. The van der Waals surface area contributed by atoms with Crippen LogP contribution in [0.5, 0.6) is 0 Å². The van der Waals surface area contributed by atoms with E-state index in [0.717, 1.165) is 25.1 Å². The van der Waals surface area contributed by atoms with Crippen molar-refractivity contribution in [3.63, 3.8) is 0 Å². The standard InChI is InChI=1S/C19H30N4O3/c1-4-6-15(3)23-14-19(26-18(23)25)7-10-21(11-8-19)17(24)13-22-12-9-20-16(22)5-2/h9,12,15H,4-8,10-11,13-14H2,1-3H3/t15-/m0/s1. The molecule has 0 aliphatic carbocycles. The summed E-state index contributed by atoms with van der Waals surface area (Å²) in [6, 6.07) is 0.209. The minimum absolute atomic E-state index is 0.105. The number of aryl methyl sites for hydroxylation is 1. The lowest BCUT2D eigenvalue weighted by atomic mass is 9.91. The van der Waals surface area contributed by atoms with Gasteiger partial charge in [0.2, 0.25) is 5.91 Å². The number of hydrogen-bond donors (Lipinski definition) is 0. The Morgan fingerprint density at radius 3 is 2.73 bits per heavy atom. The molecule has 3 rings (SSSR count). The van der Waals surface area contributed by atoms with E-state index in [0.29, 0.717) is 39.0 Å². The number of imidazole rings is 1. The topological polar surface area (TPSA) is 67.7 Å². The fourth-order valence-electron chi connectivity index (χ4n) is 4.03. The third-order valence-corrected chi connectivity index (χ3v) is 5.69. The van der Waals surface area contributed by atoms with Gasteiger partial charge < -0.3 is 19.1 Å². The number of piperidine rings is 1. The van der Waals surface area contributed by atoms with Crippen molar-refractivity contribution in [1.82, 2.24) is 19.4 Å². The van der Waals surface area contributed by atoms with E-state index in [1.807, 2.05) is 27.5 Å². The summed E-state index contributed by atoms with van der Waals surface area (Å²) in [5, 5.41) is 0. The molecule has 0 bridgehead atoms. The molecule has 1 spiro atoms. The zero-order chi connectivity index (χ0) is 18.7. The average Bonchev–Trinajstić information content (AvgIpc) is 3.20. The molecule has 144 valence electrons. The second kappa shape index (κ2) is 7.68. The Kier molecular flexibility index (Phi) is 5.53. The van der Waals surface area contributed by atoms with Crippen LogP contribution in [0.3, 0.4) is 0 Å². The summed E-state index contributed by atoms with van der Waals surface area (Å²) >= 11 is 0. The molecular formula is C19H30N4O3. The molecule has 0 aromatic carbocycles. The molecule has 0 saturated carbocycles. The fourth-order valence-corrected chi connectivity index (χ4v) is 4.03. The van der Waals surface area contributed by atoms with Gasteiger partial charge in [0, 0.05) is 50.8 Å². The first-order valence-corrected chi connectivity index (χ1v) is 9.75. The number of likely N-dealkylation sites (tertiary alicyclic amines) is 1. The van der Waals surface area contributed by atoms with Crippen molar-refractivity contribution in [2.75, 3.05) is 19.6 Å². The van der Waals surface area contributed by atoms with Gasteiger partial charge in [-0.05, 0) is 13.3 Å². The molecule has 1 atom stereocenters. The second-order valence-corrected chi connectivity index (χ2v) is 7.52. The van der Waals surface area contributed by atoms with Crippen molar-refractivity contribution < 1.29 is 14.3 Å². The summed E-state index contributed by atoms with van der Waals surface area (Å²) in [4.78, 5) is 32.9. The summed E-state index contributed by atoms with van der Waals surface area (Å²) in [6.45, 7) is 8.50. The molecule has 2 saturated heterocycles. The van der Waals surface area contributed by atoms with Crippen molar-refractivity contribution in [3.8, 4) is 0 Å². The first-order valence-electron chi connectivity index (χ1n) is 9.75. The Balaban J connectivity index is 1.56. The van der Waals surface area contributed by atoms with Crippen molar-refractivity contribution >= 4 is 12.0 Å². The van der Waals surface area contributed by atoms with Crippen molar-refractivity contribution in [2.24, 2.45) is 0 Å². The van der Waals surface area contributed by atoms with E-state index in [-0.39, 0.29) is 18.0 Å². The first-order chi connectivity index (χ1) is 12.5. The van der Waals surface area contributed by atoms with E-state index in [4.69, 9.17) is 4.74 Å². The minimum Gasteiger partial charge on any atom is -0.441 e. The highest BCUT2D eigenvalue weighted by Gasteiger charge is 2.48. The quantitative estimate of drug-likeness (QED) is 0.779. The Hall–Kier alpha value is -2.05. The number of nitrogens with zero attached hydrogens (tertiary/aromatic N) is 4. The van der Waals surface area contributed by atoms with Gasteiger partial charge in [0.1, 0.15) is 18.0 Å². The molecule has 26 heavy (non-hydrogen) atoms. The maximum atomic E-state index is 12.6. The predicted molar refractivity (Wildman–Crippen MR) is 97.7 cm³/mol. The number of hydrogen-bond acceptors (Lipinski definition) is 4.